The zero-order chi connectivity index (χ0) is 14.4. The number of rotatable bonds is 6. The molecule has 20 heavy (non-hydrogen) atoms. The summed E-state index contributed by atoms with van der Waals surface area (Å²) in [5.74, 6) is 0.318. The highest BCUT2D eigenvalue weighted by atomic mass is 16.2. The van der Waals surface area contributed by atoms with E-state index in [1.807, 2.05) is 4.90 Å². The summed E-state index contributed by atoms with van der Waals surface area (Å²) >= 11 is 0. The number of likely N-dealkylation sites (tertiary alicyclic amines) is 2. The molecule has 0 aromatic carbocycles. The molecule has 0 aliphatic carbocycles. The molecule has 0 radical (unpaired) electrons. The van der Waals surface area contributed by atoms with Gasteiger partial charge in [-0.3, -0.25) is 9.69 Å². The van der Waals surface area contributed by atoms with E-state index in [-0.39, 0.29) is 6.04 Å². The maximum Gasteiger partial charge on any atom is 0.224 e. The van der Waals surface area contributed by atoms with Crippen molar-refractivity contribution < 1.29 is 4.79 Å². The Morgan fingerprint density at radius 2 is 1.90 bits per heavy atom. The highest BCUT2D eigenvalue weighted by Gasteiger charge is 2.30. The molecule has 2 saturated heterocycles. The molecule has 0 aromatic heterocycles. The Bertz CT molecular complexity index is 300. The summed E-state index contributed by atoms with van der Waals surface area (Å²) in [5, 5.41) is 0. The molecular formula is C16H31N3O. The molecule has 2 unspecified atom stereocenters. The molecule has 116 valence electrons. The third-order valence-electron chi connectivity index (χ3n) is 4.90. The number of carbonyl (C=O) groups excluding carboxylic acids is 1. The second kappa shape index (κ2) is 7.99. The van der Waals surface area contributed by atoms with E-state index in [1.54, 1.807) is 0 Å². The average Bonchev–Trinajstić information content (AvgIpc) is 3.00. The SMILES string of the molecule is CCCC1CCCCN1C(CN)CC(=O)N1CCCC1. The second-order valence-corrected chi connectivity index (χ2v) is 6.36. The molecule has 2 aliphatic rings. The molecule has 1 amide bonds. The van der Waals surface area contributed by atoms with Crippen LogP contribution in [0.2, 0.25) is 0 Å². The first-order chi connectivity index (χ1) is 9.76. The van der Waals surface area contributed by atoms with E-state index in [0.717, 1.165) is 19.6 Å². The maximum absolute atomic E-state index is 12.4. The highest BCUT2D eigenvalue weighted by Crippen LogP contribution is 2.24. The van der Waals surface area contributed by atoms with Gasteiger partial charge in [0, 0.05) is 38.1 Å². The first kappa shape index (κ1) is 15.8. The lowest BCUT2D eigenvalue weighted by Crippen LogP contribution is -2.51. The Morgan fingerprint density at radius 3 is 2.55 bits per heavy atom. The molecule has 4 nitrogen and oxygen atoms in total. The predicted octanol–water partition coefficient (Wildman–Crippen LogP) is 1.98. The van der Waals surface area contributed by atoms with Crippen LogP contribution >= 0.6 is 0 Å². The maximum atomic E-state index is 12.4. The molecule has 0 spiro atoms. The van der Waals surface area contributed by atoms with Crippen molar-refractivity contribution in [2.24, 2.45) is 5.73 Å². The van der Waals surface area contributed by atoms with Crippen LogP contribution in [0, 0.1) is 0 Å². The van der Waals surface area contributed by atoms with Gasteiger partial charge in [-0.1, -0.05) is 19.8 Å². The van der Waals surface area contributed by atoms with Crippen LogP contribution in [-0.4, -0.2) is 54.0 Å². The van der Waals surface area contributed by atoms with Crippen LogP contribution < -0.4 is 5.73 Å². The lowest BCUT2D eigenvalue weighted by molar-refractivity contribution is -0.131. The van der Waals surface area contributed by atoms with Crippen molar-refractivity contribution in [3.63, 3.8) is 0 Å². The van der Waals surface area contributed by atoms with Crippen molar-refractivity contribution in [2.75, 3.05) is 26.2 Å². The number of amides is 1. The summed E-state index contributed by atoms with van der Waals surface area (Å²) in [4.78, 5) is 16.9. The van der Waals surface area contributed by atoms with Crippen LogP contribution in [0.25, 0.3) is 0 Å². The second-order valence-electron chi connectivity index (χ2n) is 6.36. The molecule has 2 heterocycles. The average molecular weight is 281 g/mol. The van der Waals surface area contributed by atoms with Gasteiger partial charge in [0.2, 0.25) is 5.91 Å². The van der Waals surface area contributed by atoms with E-state index in [0.29, 0.717) is 24.9 Å². The molecule has 0 aromatic rings. The van der Waals surface area contributed by atoms with Gasteiger partial charge in [-0.2, -0.15) is 0 Å². The van der Waals surface area contributed by atoms with Crippen molar-refractivity contribution in [1.29, 1.82) is 0 Å². The lowest BCUT2D eigenvalue weighted by Gasteiger charge is -2.41. The molecular weight excluding hydrogens is 250 g/mol. The Morgan fingerprint density at radius 1 is 1.20 bits per heavy atom. The van der Waals surface area contributed by atoms with E-state index < -0.39 is 0 Å². The molecule has 0 saturated carbocycles. The van der Waals surface area contributed by atoms with E-state index in [9.17, 15) is 4.79 Å². The largest absolute Gasteiger partial charge is 0.343 e. The third kappa shape index (κ3) is 3.95. The fourth-order valence-corrected chi connectivity index (χ4v) is 3.78. The van der Waals surface area contributed by atoms with Gasteiger partial charge in [-0.25, -0.2) is 0 Å². The van der Waals surface area contributed by atoms with Crippen LogP contribution in [0.1, 0.15) is 58.3 Å². The highest BCUT2D eigenvalue weighted by molar-refractivity contribution is 5.77. The fraction of sp³-hybridized carbons (Fsp3) is 0.938. The number of hydrogen-bond acceptors (Lipinski definition) is 3. The van der Waals surface area contributed by atoms with E-state index in [1.165, 1.54) is 44.9 Å². The van der Waals surface area contributed by atoms with Crippen molar-refractivity contribution in [3.8, 4) is 0 Å². The molecule has 2 fully saturated rings. The van der Waals surface area contributed by atoms with Gasteiger partial charge in [-0.15, -0.1) is 0 Å². The van der Waals surface area contributed by atoms with Gasteiger partial charge in [0.1, 0.15) is 0 Å². The molecule has 2 rings (SSSR count). The van der Waals surface area contributed by atoms with Crippen molar-refractivity contribution >= 4 is 5.91 Å². The van der Waals surface area contributed by atoms with Crippen LogP contribution in [-0.2, 0) is 4.79 Å². The Balaban J connectivity index is 1.92. The van der Waals surface area contributed by atoms with E-state index in [4.69, 9.17) is 5.73 Å². The molecule has 2 aliphatic heterocycles. The smallest absolute Gasteiger partial charge is 0.224 e. The quantitative estimate of drug-likeness (QED) is 0.810. The van der Waals surface area contributed by atoms with E-state index >= 15 is 0 Å². The van der Waals surface area contributed by atoms with Crippen LogP contribution in [0.3, 0.4) is 0 Å². The predicted molar refractivity (Wildman–Crippen MR) is 82.5 cm³/mol. The van der Waals surface area contributed by atoms with E-state index in [2.05, 4.69) is 11.8 Å². The topological polar surface area (TPSA) is 49.6 Å². The summed E-state index contributed by atoms with van der Waals surface area (Å²) in [6, 6.07) is 0.897. The van der Waals surface area contributed by atoms with Gasteiger partial charge in [0.25, 0.3) is 0 Å². The van der Waals surface area contributed by atoms with Gasteiger partial charge in [-0.05, 0) is 38.6 Å². The number of nitrogens with two attached hydrogens (primary N) is 1. The lowest BCUT2D eigenvalue weighted by atomic mass is 9.95. The summed E-state index contributed by atoms with van der Waals surface area (Å²) in [6.07, 6.45) is 9.29. The summed E-state index contributed by atoms with van der Waals surface area (Å²) in [7, 11) is 0. The number of carbonyl (C=O) groups is 1. The Kier molecular flexibility index (Phi) is 6.30. The molecule has 0 bridgehead atoms. The zero-order valence-electron chi connectivity index (χ0n) is 13.0. The summed E-state index contributed by atoms with van der Waals surface area (Å²) in [5.41, 5.74) is 6.00. The minimum absolute atomic E-state index is 0.250. The summed E-state index contributed by atoms with van der Waals surface area (Å²) in [6.45, 7) is 5.89. The minimum Gasteiger partial charge on any atom is -0.343 e. The van der Waals surface area contributed by atoms with Crippen LogP contribution in [0.5, 0.6) is 0 Å². The van der Waals surface area contributed by atoms with Gasteiger partial charge in [0.05, 0.1) is 0 Å². The Labute approximate surface area is 123 Å². The minimum atomic E-state index is 0.250. The molecule has 2 atom stereocenters. The van der Waals surface area contributed by atoms with Gasteiger partial charge < -0.3 is 10.6 Å². The van der Waals surface area contributed by atoms with Crippen molar-refractivity contribution in [2.45, 2.75) is 70.4 Å². The fourth-order valence-electron chi connectivity index (χ4n) is 3.78. The number of hydrogen-bond donors (Lipinski definition) is 1. The summed E-state index contributed by atoms with van der Waals surface area (Å²) < 4.78 is 0. The first-order valence-electron chi connectivity index (χ1n) is 8.49. The third-order valence-corrected chi connectivity index (χ3v) is 4.90. The number of piperidine rings is 1. The standard InChI is InChI=1S/C16H31N3O/c1-2-7-14-8-3-4-11-19(14)15(13-17)12-16(20)18-9-5-6-10-18/h14-15H,2-13,17H2,1H3. The first-order valence-corrected chi connectivity index (χ1v) is 8.49. The number of nitrogens with zero attached hydrogens (tertiary/aromatic N) is 2. The van der Waals surface area contributed by atoms with Crippen molar-refractivity contribution in [3.05, 3.63) is 0 Å². The Hall–Kier alpha value is -0.610. The van der Waals surface area contributed by atoms with Gasteiger partial charge in [0.15, 0.2) is 0 Å². The zero-order valence-corrected chi connectivity index (χ0v) is 13.0. The van der Waals surface area contributed by atoms with Gasteiger partial charge >= 0.3 is 0 Å². The van der Waals surface area contributed by atoms with Crippen LogP contribution in [0.15, 0.2) is 0 Å². The van der Waals surface area contributed by atoms with Crippen molar-refractivity contribution in [1.82, 2.24) is 9.80 Å². The molecule has 4 heteroatoms. The monoisotopic (exact) mass is 281 g/mol. The molecule has 2 N–H and O–H groups in total. The normalized spacial score (nSPS) is 25.9. The van der Waals surface area contributed by atoms with Crippen LogP contribution in [0.4, 0.5) is 0 Å².